The summed E-state index contributed by atoms with van der Waals surface area (Å²) in [6, 6.07) is 0.336. The molecule has 3 atom stereocenters. The fourth-order valence-electron chi connectivity index (χ4n) is 3.78. The SMILES string of the molecule is CCC(=O)OC[C@@H]1C2CCc3nnn(C(C)C)c3CCC21S. The number of thiol groups is 1. The molecule has 5 nitrogen and oxygen atoms in total. The zero-order valence-corrected chi connectivity index (χ0v) is 14.5. The number of fused-ring (bicyclic) bond motifs is 2. The van der Waals surface area contributed by atoms with E-state index in [0.717, 1.165) is 31.4 Å². The summed E-state index contributed by atoms with van der Waals surface area (Å²) in [4.78, 5) is 11.4. The Morgan fingerprint density at radius 3 is 2.95 bits per heavy atom. The molecule has 1 aromatic rings. The first-order valence-corrected chi connectivity index (χ1v) is 8.73. The van der Waals surface area contributed by atoms with Crippen molar-refractivity contribution in [3.63, 3.8) is 0 Å². The minimum Gasteiger partial charge on any atom is -0.465 e. The van der Waals surface area contributed by atoms with Gasteiger partial charge in [0.2, 0.25) is 0 Å². The normalized spacial score (nSPS) is 30.2. The first-order chi connectivity index (χ1) is 10.5. The summed E-state index contributed by atoms with van der Waals surface area (Å²) in [5.41, 5.74) is 2.40. The molecule has 1 aromatic heterocycles. The smallest absolute Gasteiger partial charge is 0.305 e. The molecule has 1 heterocycles. The summed E-state index contributed by atoms with van der Waals surface area (Å²) < 4.78 is 7.41. The van der Waals surface area contributed by atoms with E-state index >= 15 is 0 Å². The van der Waals surface area contributed by atoms with Crippen LogP contribution in [0.4, 0.5) is 0 Å². The standard InChI is InChI=1S/C16H25N3O2S/c1-4-15(20)21-9-12-11-5-6-13-14(7-8-16(11,12)22)19(10(2)3)18-17-13/h10-12,22H,4-9H2,1-3H3/t11?,12-,16?/m1/s1. The van der Waals surface area contributed by atoms with Crippen molar-refractivity contribution in [2.75, 3.05) is 6.61 Å². The molecule has 2 aliphatic rings. The van der Waals surface area contributed by atoms with Crippen molar-refractivity contribution in [1.29, 1.82) is 0 Å². The van der Waals surface area contributed by atoms with Gasteiger partial charge in [-0.05, 0) is 45.4 Å². The molecule has 0 amide bonds. The molecule has 0 aliphatic heterocycles. The summed E-state index contributed by atoms with van der Waals surface area (Å²) in [6.07, 6.45) is 4.41. The molecule has 0 radical (unpaired) electrons. The van der Waals surface area contributed by atoms with Gasteiger partial charge in [0, 0.05) is 23.1 Å². The van der Waals surface area contributed by atoms with Crippen LogP contribution in [0.2, 0.25) is 0 Å². The predicted molar refractivity (Wildman–Crippen MR) is 87.0 cm³/mol. The van der Waals surface area contributed by atoms with Gasteiger partial charge >= 0.3 is 5.97 Å². The average Bonchev–Trinajstić information content (AvgIpc) is 2.82. The highest BCUT2D eigenvalue weighted by Crippen LogP contribution is 2.61. The van der Waals surface area contributed by atoms with Crippen LogP contribution >= 0.6 is 12.6 Å². The molecule has 0 N–H and O–H groups in total. The molecule has 0 saturated heterocycles. The summed E-state index contributed by atoms with van der Waals surface area (Å²) in [6.45, 7) is 6.62. The van der Waals surface area contributed by atoms with Gasteiger partial charge in [-0.15, -0.1) is 5.10 Å². The second-order valence-electron chi connectivity index (χ2n) is 6.80. The Balaban J connectivity index is 1.69. The third kappa shape index (κ3) is 2.66. The molecule has 1 fully saturated rings. The Hall–Kier alpha value is -1.04. The molecule has 2 unspecified atom stereocenters. The van der Waals surface area contributed by atoms with E-state index in [1.807, 2.05) is 11.6 Å². The lowest BCUT2D eigenvalue weighted by Crippen LogP contribution is -2.16. The summed E-state index contributed by atoms with van der Waals surface area (Å²) in [5, 5.41) is 8.68. The van der Waals surface area contributed by atoms with Gasteiger partial charge in [0.05, 0.1) is 18.0 Å². The highest BCUT2D eigenvalue weighted by atomic mass is 32.1. The van der Waals surface area contributed by atoms with E-state index in [2.05, 4.69) is 24.2 Å². The van der Waals surface area contributed by atoms with Gasteiger partial charge < -0.3 is 4.74 Å². The second-order valence-corrected chi connectivity index (χ2v) is 7.63. The Bertz CT molecular complexity index is 572. The third-order valence-corrected chi connectivity index (χ3v) is 6.08. The number of hydrogen-bond acceptors (Lipinski definition) is 5. The van der Waals surface area contributed by atoms with Crippen molar-refractivity contribution in [3.05, 3.63) is 11.4 Å². The van der Waals surface area contributed by atoms with Crippen molar-refractivity contribution in [3.8, 4) is 0 Å². The average molecular weight is 323 g/mol. The number of rotatable bonds is 4. The van der Waals surface area contributed by atoms with Crippen LogP contribution in [0.15, 0.2) is 0 Å². The van der Waals surface area contributed by atoms with Crippen molar-refractivity contribution in [2.24, 2.45) is 11.8 Å². The molecule has 2 aliphatic carbocycles. The maximum atomic E-state index is 11.4. The molecule has 0 aromatic carbocycles. The Morgan fingerprint density at radius 2 is 2.27 bits per heavy atom. The van der Waals surface area contributed by atoms with Crippen LogP contribution in [0.1, 0.15) is 57.5 Å². The van der Waals surface area contributed by atoms with Gasteiger partial charge in [-0.1, -0.05) is 12.1 Å². The van der Waals surface area contributed by atoms with Gasteiger partial charge in [-0.25, -0.2) is 4.68 Å². The molecular weight excluding hydrogens is 298 g/mol. The van der Waals surface area contributed by atoms with Crippen molar-refractivity contribution >= 4 is 18.6 Å². The lowest BCUT2D eigenvalue weighted by molar-refractivity contribution is -0.143. The monoisotopic (exact) mass is 323 g/mol. The Labute approximate surface area is 137 Å². The van der Waals surface area contributed by atoms with E-state index < -0.39 is 0 Å². The van der Waals surface area contributed by atoms with Crippen LogP contribution in [-0.4, -0.2) is 32.3 Å². The van der Waals surface area contributed by atoms with E-state index in [1.54, 1.807) is 0 Å². The van der Waals surface area contributed by atoms with E-state index in [0.29, 0.717) is 30.9 Å². The topological polar surface area (TPSA) is 57.0 Å². The van der Waals surface area contributed by atoms with Crippen molar-refractivity contribution in [1.82, 2.24) is 15.0 Å². The molecule has 22 heavy (non-hydrogen) atoms. The lowest BCUT2D eigenvalue weighted by Gasteiger charge is -2.17. The third-order valence-electron chi connectivity index (χ3n) is 5.19. The maximum Gasteiger partial charge on any atom is 0.305 e. The van der Waals surface area contributed by atoms with Crippen LogP contribution in [0.3, 0.4) is 0 Å². The van der Waals surface area contributed by atoms with Crippen molar-refractivity contribution < 1.29 is 9.53 Å². The minimum absolute atomic E-state index is 0.0117. The largest absolute Gasteiger partial charge is 0.465 e. The first-order valence-electron chi connectivity index (χ1n) is 8.28. The molecule has 122 valence electrons. The number of carbonyl (C=O) groups excluding carboxylic acids is 1. The van der Waals surface area contributed by atoms with E-state index in [1.165, 1.54) is 5.69 Å². The number of ether oxygens (including phenoxy) is 1. The van der Waals surface area contributed by atoms with Gasteiger partial charge in [-0.2, -0.15) is 12.6 Å². The molecule has 1 saturated carbocycles. The Morgan fingerprint density at radius 1 is 1.50 bits per heavy atom. The van der Waals surface area contributed by atoms with Crippen LogP contribution in [0.5, 0.6) is 0 Å². The van der Waals surface area contributed by atoms with E-state index in [4.69, 9.17) is 17.4 Å². The maximum absolute atomic E-state index is 11.4. The number of aromatic nitrogens is 3. The fourth-order valence-corrected chi connectivity index (χ4v) is 4.38. The summed E-state index contributed by atoms with van der Waals surface area (Å²) in [5.74, 6) is 0.797. The fraction of sp³-hybridized carbons (Fsp3) is 0.812. The van der Waals surface area contributed by atoms with Crippen LogP contribution in [-0.2, 0) is 22.4 Å². The van der Waals surface area contributed by atoms with E-state index in [9.17, 15) is 4.79 Å². The quantitative estimate of drug-likeness (QED) is 0.683. The van der Waals surface area contributed by atoms with Crippen molar-refractivity contribution in [2.45, 2.75) is 63.7 Å². The molecule has 6 heteroatoms. The predicted octanol–water partition coefficient (Wildman–Crippen LogP) is 2.61. The number of nitrogens with zero attached hydrogens (tertiary/aromatic N) is 3. The molecule has 3 rings (SSSR count). The second kappa shape index (κ2) is 5.87. The van der Waals surface area contributed by atoms with Gasteiger partial charge in [0.15, 0.2) is 0 Å². The number of aryl methyl sites for hydroxylation is 1. The number of esters is 1. The lowest BCUT2D eigenvalue weighted by atomic mass is 10.0. The van der Waals surface area contributed by atoms with Crippen LogP contribution in [0.25, 0.3) is 0 Å². The number of hydrogen-bond donors (Lipinski definition) is 1. The first kappa shape index (κ1) is 15.8. The highest BCUT2D eigenvalue weighted by Gasteiger charge is 2.62. The Kier molecular flexibility index (Phi) is 4.23. The van der Waals surface area contributed by atoms with Gasteiger partial charge in [0.25, 0.3) is 0 Å². The van der Waals surface area contributed by atoms with Gasteiger partial charge in [0.1, 0.15) is 0 Å². The minimum atomic E-state index is -0.114. The van der Waals surface area contributed by atoms with Gasteiger partial charge in [-0.3, -0.25) is 4.79 Å². The zero-order chi connectivity index (χ0) is 15.9. The molecular formula is C16H25N3O2S. The molecule has 0 spiro atoms. The van der Waals surface area contributed by atoms with Crippen LogP contribution < -0.4 is 0 Å². The summed E-state index contributed by atoms with van der Waals surface area (Å²) in [7, 11) is 0. The summed E-state index contributed by atoms with van der Waals surface area (Å²) >= 11 is 4.95. The highest BCUT2D eigenvalue weighted by molar-refractivity contribution is 7.82. The number of carbonyl (C=O) groups is 1. The molecule has 0 bridgehead atoms. The zero-order valence-electron chi connectivity index (χ0n) is 13.6. The van der Waals surface area contributed by atoms with Crippen LogP contribution in [0, 0.1) is 11.8 Å². The van der Waals surface area contributed by atoms with E-state index in [-0.39, 0.29) is 10.7 Å².